The number of aryl methyl sites for hydroxylation is 1. The van der Waals surface area contributed by atoms with Crippen LogP contribution in [-0.2, 0) is 12.8 Å². The van der Waals surface area contributed by atoms with E-state index in [9.17, 15) is 0 Å². The summed E-state index contributed by atoms with van der Waals surface area (Å²) in [5.74, 6) is 0. The molecule has 1 aromatic rings. The molecule has 1 atom stereocenters. The van der Waals surface area contributed by atoms with Crippen molar-refractivity contribution < 1.29 is 0 Å². The minimum atomic E-state index is 0.589. The Bertz CT molecular complexity index is 417. The summed E-state index contributed by atoms with van der Waals surface area (Å²) in [5, 5.41) is 3.61. The lowest BCUT2D eigenvalue weighted by Gasteiger charge is -2.18. The zero-order valence-corrected chi connectivity index (χ0v) is 9.97. The lowest BCUT2D eigenvalue weighted by Crippen LogP contribution is -2.15. The third kappa shape index (κ3) is 1.44. The third-order valence-electron chi connectivity index (χ3n) is 4.12. The van der Waals surface area contributed by atoms with Crippen LogP contribution in [0.4, 0.5) is 5.69 Å². The predicted octanol–water partition coefficient (Wildman–Crippen LogP) is 2.49. The summed E-state index contributed by atoms with van der Waals surface area (Å²) in [5.41, 5.74) is 13.0. The van der Waals surface area contributed by atoms with Gasteiger partial charge in [-0.3, -0.25) is 0 Å². The van der Waals surface area contributed by atoms with Crippen LogP contribution in [-0.4, -0.2) is 6.54 Å². The van der Waals surface area contributed by atoms with Crippen LogP contribution in [0.3, 0.4) is 0 Å². The molecule has 0 unspecified atom stereocenters. The highest BCUT2D eigenvalue weighted by molar-refractivity contribution is 5.61. The van der Waals surface area contributed by atoms with E-state index < -0.39 is 0 Å². The summed E-state index contributed by atoms with van der Waals surface area (Å²) in [6.07, 6.45) is 6.29. The number of anilines is 1. The predicted molar refractivity (Wildman–Crippen MR) is 67.6 cm³/mol. The van der Waals surface area contributed by atoms with Gasteiger partial charge in [0.05, 0.1) is 0 Å². The van der Waals surface area contributed by atoms with Crippen LogP contribution in [0.1, 0.15) is 47.6 Å². The van der Waals surface area contributed by atoms with Gasteiger partial charge < -0.3 is 11.1 Å². The molecule has 1 heterocycles. The molecule has 0 radical (unpaired) electrons. The van der Waals surface area contributed by atoms with Crippen LogP contribution in [0.15, 0.2) is 6.07 Å². The highest BCUT2D eigenvalue weighted by Gasteiger charge is 2.25. The van der Waals surface area contributed by atoms with Crippen LogP contribution in [0.25, 0.3) is 0 Å². The molecule has 16 heavy (non-hydrogen) atoms. The lowest BCUT2D eigenvalue weighted by atomic mass is 9.92. The second-order valence-corrected chi connectivity index (χ2v) is 5.16. The van der Waals surface area contributed by atoms with Crippen molar-refractivity contribution in [1.29, 1.82) is 0 Å². The van der Waals surface area contributed by atoms with E-state index in [1.807, 2.05) is 0 Å². The van der Waals surface area contributed by atoms with E-state index in [4.69, 9.17) is 5.73 Å². The topological polar surface area (TPSA) is 38.0 Å². The Kier molecular flexibility index (Phi) is 2.40. The molecule has 1 aromatic carbocycles. The first kappa shape index (κ1) is 10.2. The van der Waals surface area contributed by atoms with E-state index >= 15 is 0 Å². The first-order valence-electron chi connectivity index (χ1n) is 6.41. The Morgan fingerprint density at radius 1 is 1.25 bits per heavy atom. The molecule has 0 bridgehead atoms. The minimum absolute atomic E-state index is 0.589. The van der Waals surface area contributed by atoms with Gasteiger partial charge in [0.25, 0.3) is 0 Å². The number of fused-ring (bicyclic) bond motifs is 1. The molecule has 3 rings (SSSR count). The Morgan fingerprint density at radius 3 is 2.81 bits per heavy atom. The van der Waals surface area contributed by atoms with Gasteiger partial charge in [-0.05, 0) is 67.8 Å². The third-order valence-corrected chi connectivity index (χ3v) is 4.12. The molecule has 1 saturated heterocycles. The highest BCUT2D eigenvalue weighted by atomic mass is 14.9. The van der Waals surface area contributed by atoms with Crippen molar-refractivity contribution in [3.8, 4) is 0 Å². The number of benzene rings is 1. The summed E-state index contributed by atoms with van der Waals surface area (Å²) in [4.78, 5) is 0. The van der Waals surface area contributed by atoms with Gasteiger partial charge in [-0.25, -0.2) is 0 Å². The smallest absolute Gasteiger partial charge is 0.0379 e. The fraction of sp³-hybridized carbons (Fsp3) is 0.571. The number of rotatable bonds is 1. The van der Waals surface area contributed by atoms with Crippen LogP contribution in [0.5, 0.6) is 0 Å². The normalized spacial score (nSPS) is 23.7. The summed E-state index contributed by atoms with van der Waals surface area (Å²) < 4.78 is 0. The number of hydrogen-bond acceptors (Lipinski definition) is 2. The van der Waals surface area contributed by atoms with E-state index in [-0.39, 0.29) is 0 Å². The van der Waals surface area contributed by atoms with Crippen molar-refractivity contribution in [2.75, 3.05) is 12.3 Å². The molecule has 0 amide bonds. The van der Waals surface area contributed by atoms with Crippen LogP contribution >= 0.6 is 0 Å². The Hall–Kier alpha value is -1.02. The minimum Gasteiger partial charge on any atom is -0.398 e. The van der Waals surface area contributed by atoms with E-state index in [2.05, 4.69) is 18.3 Å². The summed E-state index contributed by atoms with van der Waals surface area (Å²) in [6, 6.07) is 2.91. The standard InChI is InChI=1S/C14H20N2/c1-9-8-12(13-6-3-7-16-13)10-4-2-5-11(10)14(9)15/h8,13,16H,2-7,15H2,1H3/t13-/m0/s1. The zero-order chi connectivity index (χ0) is 11.1. The van der Waals surface area contributed by atoms with Crippen molar-refractivity contribution in [1.82, 2.24) is 5.32 Å². The molecule has 2 heteroatoms. The van der Waals surface area contributed by atoms with Gasteiger partial charge in [-0.15, -0.1) is 0 Å². The van der Waals surface area contributed by atoms with Gasteiger partial charge in [0, 0.05) is 11.7 Å². The molecule has 0 spiro atoms. The average molecular weight is 216 g/mol. The number of nitrogens with two attached hydrogens (primary N) is 1. The van der Waals surface area contributed by atoms with Crippen LogP contribution in [0, 0.1) is 6.92 Å². The molecule has 1 aliphatic carbocycles. The maximum Gasteiger partial charge on any atom is 0.0379 e. The highest BCUT2D eigenvalue weighted by Crippen LogP contribution is 2.37. The van der Waals surface area contributed by atoms with Crippen molar-refractivity contribution in [3.05, 3.63) is 28.3 Å². The van der Waals surface area contributed by atoms with Gasteiger partial charge >= 0.3 is 0 Å². The fourth-order valence-corrected chi connectivity index (χ4v) is 3.26. The monoisotopic (exact) mass is 216 g/mol. The van der Waals surface area contributed by atoms with Gasteiger partial charge in [-0.2, -0.15) is 0 Å². The second-order valence-electron chi connectivity index (χ2n) is 5.16. The number of nitrogens with one attached hydrogen (secondary N) is 1. The largest absolute Gasteiger partial charge is 0.398 e. The summed E-state index contributed by atoms with van der Waals surface area (Å²) in [7, 11) is 0. The summed E-state index contributed by atoms with van der Waals surface area (Å²) >= 11 is 0. The Balaban J connectivity index is 2.11. The molecule has 1 aliphatic heterocycles. The molecule has 86 valence electrons. The summed E-state index contributed by atoms with van der Waals surface area (Å²) in [6.45, 7) is 3.31. The van der Waals surface area contributed by atoms with E-state index in [0.29, 0.717) is 6.04 Å². The molecule has 3 N–H and O–H groups in total. The molecule has 1 fully saturated rings. The molecule has 0 aromatic heterocycles. The van der Waals surface area contributed by atoms with Crippen molar-refractivity contribution >= 4 is 5.69 Å². The molecule has 2 aliphatic rings. The molecule has 0 saturated carbocycles. The van der Waals surface area contributed by atoms with E-state index in [1.165, 1.54) is 55.3 Å². The maximum atomic E-state index is 6.18. The second kappa shape index (κ2) is 3.77. The van der Waals surface area contributed by atoms with Crippen molar-refractivity contribution in [3.63, 3.8) is 0 Å². The first-order valence-corrected chi connectivity index (χ1v) is 6.41. The quantitative estimate of drug-likeness (QED) is 0.708. The average Bonchev–Trinajstić information content (AvgIpc) is 2.93. The number of hydrogen-bond donors (Lipinski definition) is 2. The van der Waals surface area contributed by atoms with E-state index in [1.54, 1.807) is 5.56 Å². The van der Waals surface area contributed by atoms with Gasteiger partial charge in [-0.1, -0.05) is 6.07 Å². The molecular formula is C14H20N2. The lowest BCUT2D eigenvalue weighted by molar-refractivity contribution is 0.640. The van der Waals surface area contributed by atoms with Gasteiger partial charge in [0.2, 0.25) is 0 Å². The van der Waals surface area contributed by atoms with Crippen LogP contribution < -0.4 is 11.1 Å². The maximum absolute atomic E-state index is 6.18. The number of nitrogen functional groups attached to an aromatic ring is 1. The first-order chi connectivity index (χ1) is 7.77. The van der Waals surface area contributed by atoms with Gasteiger partial charge in [0.15, 0.2) is 0 Å². The van der Waals surface area contributed by atoms with Gasteiger partial charge in [0.1, 0.15) is 0 Å². The zero-order valence-electron chi connectivity index (χ0n) is 9.97. The Labute approximate surface area is 97.2 Å². The Morgan fingerprint density at radius 2 is 2.06 bits per heavy atom. The fourth-order valence-electron chi connectivity index (χ4n) is 3.26. The van der Waals surface area contributed by atoms with Crippen LogP contribution in [0.2, 0.25) is 0 Å². The molecular weight excluding hydrogens is 196 g/mol. The van der Waals surface area contributed by atoms with E-state index in [0.717, 1.165) is 5.69 Å². The SMILES string of the molecule is Cc1cc([C@@H]2CCCN2)c2c(c1N)CCC2. The van der Waals surface area contributed by atoms with Crippen molar-refractivity contribution in [2.45, 2.75) is 45.1 Å². The van der Waals surface area contributed by atoms with Crippen molar-refractivity contribution in [2.24, 2.45) is 0 Å². The molecule has 2 nitrogen and oxygen atoms in total.